The van der Waals surface area contributed by atoms with Gasteiger partial charge in [0.2, 0.25) is 0 Å². The molecule has 0 saturated carbocycles. The number of benzene rings is 3. The molecule has 0 fully saturated rings. The van der Waals surface area contributed by atoms with Crippen LogP contribution in [-0.2, 0) is 16.6 Å². The molecule has 176 valence electrons. The smallest absolute Gasteiger partial charge is 0.261 e. The summed E-state index contributed by atoms with van der Waals surface area (Å²) in [5, 5.41) is 2.87. The van der Waals surface area contributed by atoms with Gasteiger partial charge >= 0.3 is 0 Å². The number of nitrogens with zero attached hydrogens (tertiary/aromatic N) is 2. The Kier molecular flexibility index (Phi) is 6.83. The monoisotopic (exact) mass is 478 g/mol. The number of fused-ring (bicyclic) bond motifs is 1. The number of anilines is 1. The van der Waals surface area contributed by atoms with Gasteiger partial charge in [-0.2, -0.15) is 0 Å². The predicted molar refractivity (Wildman–Crippen MR) is 132 cm³/mol. The maximum absolute atomic E-state index is 12.8. The number of rotatable bonds is 9. The predicted octanol–water partition coefficient (Wildman–Crippen LogP) is 3.97. The van der Waals surface area contributed by atoms with Gasteiger partial charge in [0.05, 0.1) is 23.0 Å². The molecule has 4 aromatic rings. The van der Waals surface area contributed by atoms with Gasteiger partial charge in [0.15, 0.2) is 0 Å². The highest BCUT2D eigenvalue weighted by atomic mass is 32.2. The fourth-order valence-corrected chi connectivity index (χ4v) is 4.80. The van der Waals surface area contributed by atoms with Gasteiger partial charge in [-0.1, -0.05) is 18.2 Å². The van der Waals surface area contributed by atoms with Crippen molar-refractivity contribution in [3.8, 4) is 5.75 Å². The third-order valence-corrected chi connectivity index (χ3v) is 6.82. The molecule has 1 aromatic heterocycles. The van der Waals surface area contributed by atoms with Gasteiger partial charge in [-0.25, -0.2) is 13.4 Å². The maximum atomic E-state index is 12.8. The quantitative estimate of drug-likeness (QED) is 0.354. The lowest BCUT2D eigenvalue weighted by Crippen LogP contribution is -2.25. The van der Waals surface area contributed by atoms with E-state index in [1.807, 2.05) is 31.2 Å². The molecular weight excluding hydrogens is 452 g/mol. The highest BCUT2D eigenvalue weighted by Gasteiger charge is 2.17. The standard InChI is InChI=1S/C25H26N4O4S/c1-18-27-23-9-3-4-10-24(23)29(18)16-6-15-26-25(30)19-7-5-8-22(17-19)34(31,32)28-20-11-13-21(33-2)14-12-20/h3-5,7-14,17,28H,6,15-16H2,1-2H3,(H,26,30). The van der Waals surface area contributed by atoms with Crippen molar-refractivity contribution in [1.82, 2.24) is 14.9 Å². The molecule has 0 atom stereocenters. The van der Waals surface area contributed by atoms with Crippen molar-refractivity contribution in [3.05, 3.63) is 84.2 Å². The zero-order valence-corrected chi connectivity index (χ0v) is 19.8. The fraction of sp³-hybridized carbons (Fsp3) is 0.200. The van der Waals surface area contributed by atoms with Gasteiger partial charge in [0.25, 0.3) is 15.9 Å². The van der Waals surface area contributed by atoms with Crippen LogP contribution in [0.3, 0.4) is 0 Å². The molecule has 34 heavy (non-hydrogen) atoms. The Bertz CT molecular complexity index is 1410. The van der Waals surface area contributed by atoms with E-state index in [2.05, 4.69) is 19.6 Å². The summed E-state index contributed by atoms with van der Waals surface area (Å²) in [5.41, 5.74) is 2.69. The minimum absolute atomic E-state index is 0.0106. The number of aryl methyl sites for hydroxylation is 2. The Morgan fingerprint density at radius 2 is 1.79 bits per heavy atom. The number of hydrogen-bond donors (Lipinski definition) is 2. The lowest BCUT2D eigenvalue weighted by atomic mass is 10.2. The van der Waals surface area contributed by atoms with Crippen molar-refractivity contribution in [1.29, 1.82) is 0 Å². The summed E-state index contributed by atoms with van der Waals surface area (Å²) < 4.78 is 35.3. The second-order valence-electron chi connectivity index (χ2n) is 7.77. The van der Waals surface area contributed by atoms with Crippen molar-refractivity contribution >= 4 is 32.7 Å². The van der Waals surface area contributed by atoms with Crippen LogP contribution in [0.1, 0.15) is 22.6 Å². The summed E-state index contributed by atoms with van der Waals surface area (Å²) >= 11 is 0. The number of carbonyl (C=O) groups is 1. The molecule has 0 aliphatic rings. The molecule has 0 saturated heterocycles. The van der Waals surface area contributed by atoms with Gasteiger partial charge < -0.3 is 14.6 Å². The van der Waals surface area contributed by atoms with E-state index in [0.29, 0.717) is 30.9 Å². The maximum Gasteiger partial charge on any atom is 0.261 e. The molecule has 0 aliphatic carbocycles. The van der Waals surface area contributed by atoms with Gasteiger partial charge in [-0.3, -0.25) is 9.52 Å². The average molecular weight is 479 g/mol. The van der Waals surface area contributed by atoms with Gasteiger partial charge in [0, 0.05) is 24.3 Å². The summed E-state index contributed by atoms with van der Waals surface area (Å²) in [6.45, 7) is 3.13. The normalized spacial score (nSPS) is 11.4. The SMILES string of the molecule is COc1ccc(NS(=O)(=O)c2cccc(C(=O)NCCCn3c(C)nc4ccccc43)c2)cc1. The molecule has 3 aromatic carbocycles. The van der Waals surface area contributed by atoms with Crippen LogP contribution in [0.25, 0.3) is 11.0 Å². The van der Waals surface area contributed by atoms with E-state index in [4.69, 9.17) is 4.74 Å². The van der Waals surface area contributed by atoms with E-state index in [1.54, 1.807) is 36.4 Å². The first-order chi connectivity index (χ1) is 16.4. The second kappa shape index (κ2) is 9.96. The summed E-state index contributed by atoms with van der Waals surface area (Å²) in [6.07, 6.45) is 0.712. The van der Waals surface area contributed by atoms with Crippen LogP contribution < -0.4 is 14.8 Å². The van der Waals surface area contributed by atoms with Crippen molar-refractivity contribution in [2.75, 3.05) is 18.4 Å². The fourth-order valence-electron chi connectivity index (χ4n) is 3.70. The van der Waals surface area contributed by atoms with Crippen molar-refractivity contribution in [2.24, 2.45) is 0 Å². The first-order valence-electron chi connectivity index (χ1n) is 10.8. The van der Waals surface area contributed by atoms with E-state index < -0.39 is 10.0 Å². The van der Waals surface area contributed by atoms with Crippen molar-refractivity contribution in [2.45, 2.75) is 24.8 Å². The van der Waals surface area contributed by atoms with Crippen LogP contribution in [0, 0.1) is 6.92 Å². The number of para-hydroxylation sites is 2. The molecule has 2 N–H and O–H groups in total. The van der Waals surface area contributed by atoms with E-state index in [-0.39, 0.29) is 16.4 Å². The van der Waals surface area contributed by atoms with Crippen molar-refractivity contribution < 1.29 is 17.9 Å². The highest BCUT2D eigenvalue weighted by Crippen LogP contribution is 2.20. The van der Waals surface area contributed by atoms with E-state index in [1.165, 1.54) is 19.2 Å². The Morgan fingerprint density at radius 3 is 2.56 bits per heavy atom. The number of imidazole rings is 1. The van der Waals surface area contributed by atoms with Crippen molar-refractivity contribution in [3.63, 3.8) is 0 Å². The molecule has 9 heteroatoms. The Labute approximate surface area is 198 Å². The van der Waals surface area contributed by atoms with E-state index >= 15 is 0 Å². The van der Waals surface area contributed by atoms with Crippen LogP contribution in [-0.4, -0.2) is 37.5 Å². The average Bonchev–Trinajstić information content (AvgIpc) is 3.17. The first-order valence-corrected chi connectivity index (χ1v) is 12.3. The zero-order chi connectivity index (χ0) is 24.1. The molecule has 1 amide bonds. The van der Waals surface area contributed by atoms with Crippen LogP contribution in [0.2, 0.25) is 0 Å². The van der Waals surface area contributed by atoms with E-state index in [9.17, 15) is 13.2 Å². The third-order valence-electron chi connectivity index (χ3n) is 5.44. The zero-order valence-electron chi connectivity index (χ0n) is 19.0. The van der Waals surface area contributed by atoms with Crippen LogP contribution in [0.4, 0.5) is 5.69 Å². The van der Waals surface area contributed by atoms with Crippen LogP contribution in [0.5, 0.6) is 5.75 Å². The Hall–Kier alpha value is -3.85. The molecule has 0 aliphatic heterocycles. The number of aromatic nitrogens is 2. The molecule has 4 rings (SSSR count). The minimum Gasteiger partial charge on any atom is -0.497 e. The lowest BCUT2D eigenvalue weighted by molar-refractivity contribution is 0.0952. The molecule has 0 radical (unpaired) electrons. The molecule has 8 nitrogen and oxygen atoms in total. The van der Waals surface area contributed by atoms with Crippen LogP contribution in [0.15, 0.2) is 77.7 Å². The van der Waals surface area contributed by atoms with Gasteiger partial charge in [0.1, 0.15) is 11.6 Å². The summed E-state index contributed by atoms with van der Waals surface area (Å²) in [5.74, 6) is 1.22. The molecule has 1 heterocycles. The second-order valence-corrected chi connectivity index (χ2v) is 9.45. The van der Waals surface area contributed by atoms with Crippen LogP contribution >= 0.6 is 0 Å². The Morgan fingerprint density at radius 1 is 1.03 bits per heavy atom. The summed E-state index contributed by atoms with van der Waals surface area (Å²) in [4.78, 5) is 17.2. The van der Waals surface area contributed by atoms with Gasteiger partial charge in [-0.15, -0.1) is 0 Å². The number of ether oxygens (including phenoxy) is 1. The largest absolute Gasteiger partial charge is 0.497 e. The third kappa shape index (κ3) is 5.20. The number of amides is 1. The topological polar surface area (TPSA) is 102 Å². The van der Waals surface area contributed by atoms with E-state index in [0.717, 1.165) is 16.9 Å². The first kappa shape index (κ1) is 23.3. The molecular formula is C25H26N4O4S. The lowest BCUT2D eigenvalue weighted by Gasteiger charge is -2.11. The minimum atomic E-state index is -3.85. The van der Waals surface area contributed by atoms with Gasteiger partial charge in [-0.05, 0) is 67.9 Å². The number of nitrogens with one attached hydrogen (secondary N) is 2. The Balaban J connectivity index is 1.37. The molecule has 0 unspecified atom stereocenters. The number of sulfonamides is 1. The number of carbonyl (C=O) groups excluding carboxylic acids is 1. The number of hydrogen-bond acceptors (Lipinski definition) is 5. The number of methoxy groups -OCH3 is 1. The molecule has 0 spiro atoms. The highest BCUT2D eigenvalue weighted by molar-refractivity contribution is 7.92. The summed E-state index contributed by atoms with van der Waals surface area (Å²) in [7, 11) is -2.31. The summed E-state index contributed by atoms with van der Waals surface area (Å²) in [6, 6.07) is 20.5. The molecule has 0 bridgehead atoms.